The summed E-state index contributed by atoms with van der Waals surface area (Å²) in [7, 11) is 2.11. The van der Waals surface area contributed by atoms with Gasteiger partial charge in [0.1, 0.15) is 5.82 Å². The van der Waals surface area contributed by atoms with Crippen molar-refractivity contribution in [3.8, 4) is 0 Å². The minimum absolute atomic E-state index is 0.190. The number of piperidine rings is 1. The molecule has 7 nitrogen and oxygen atoms in total. The van der Waals surface area contributed by atoms with Crippen molar-refractivity contribution >= 4 is 6.03 Å². The van der Waals surface area contributed by atoms with Gasteiger partial charge in [0, 0.05) is 63.8 Å². The molecule has 2 saturated heterocycles. The zero-order valence-corrected chi connectivity index (χ0v) is 16.0. The van der Waals surface area contributed by atoms with Gasteiger partial charge < -0.3 is 19.3 Å². The van der Waals surface area contributed by atoms with Crippen molar-refractivity contribution in [3.05, 3.63) is 48.3 Å². The van der Waals surface area contributed by atoms with Crippen LogP contribution in [0.1, 0.15) is 30.3 Å². The normalized spacial score (nSPS) is 21.4. The van der Waals surface area contributed by atoms with Crippen LogP contribution in [0.15, 0.2) is 36.8 Å². The number of rotatable bonds is 3. The van der Waals surface area contributed by atoms with Gasteiger partial charge in [0.15, 0.2) is 0 Å². The standard InChI is InChI=1S/C20H28N6O/c1-23-11-13-24(14-12-23)20(27)26-9-4-5-17(15-26)19-22-8-10-25(19)16-18-6-2-3-7-21-18/h2-3,6-8,10,17H,4-5,9,11-16H2,1H3/t17-/m0/s1. The van der Waals surface area contributed by atoms with Gasteiger partial charge in [-0.25, -0.2) is 9.78 Å². The van der Waals surface area contributed by atoms with Crippen molar-refractivity contribution in [1.29, 1.82) is 0 Å². The first-order valence-electron chi connectivity index (χ1n) is 9.84. The molecular weight excluding hydrogens is 340 g/mol. The second-order valence-corrected chi connectivity index (χ2v) is 7.59. The number of amides is 2. The highest BCUT2D eigenvalue weighted by Crippen LogP contribution is 2.27. The van der Waals surface area contributed by atoms with Gasteiger partial charge in [0.05, 0.1) is 12.2 Å². The molecule has 0 N–H and O–H groups in total. The molecule has 144 valence electrons. The molecule has 0 bridgehead atoms. The lowest BCUT2D eigenvalue weighted by Crippen LogP contribution is -2.53. The van der Waals surface area contributed by atoms with E-state index in [-0.39, 0.29) is 11.9 Å². The molecule has 2 fully saturated rings. The van der Waals surface area contributed by atoms with Gasteiger partial charge in [-0.15, -0.1) is 0 Å². The molecule has 0 unspecified atom stereocenters. The number of likely N-dealkylation sites (N-methyl/N-ethyl adjacent to an activating group) is 1. The molecule has 27 heavy (non-hydrogen) atoms. The average Bonchev–Trinajstić information content (AvgIpc) is 3.17. The second-order valence-electron chi connectivity index (χ2n) is 7.59. The molecule has 0 spiro atoms. The summed E-state index contributed by atoms with van der Waals surface area (Å²) >= 11 is 0. The number of nitrogens with zero attached hydrogens (tertiary/aromatic N) is 6. The van der Waals surface area contributed by atoms with Crippen LogP contribution >= 0.6 is 0 Å². The van der Waals surface area contributed by atoms with Crippen LogP contribution in [-0.2, 0) is 6.54 Å². The minimum Gasteiger partial charge on any atom is -0.329 e. The van der Waals surface area contributed by atoms with Crippen molar-refractivity contribution in [3.63, 3.8) is 0 Å². The Labute approximate surface area is 160 Å². The van der Waals surface area contributed by atoms with E-state index in [1.807, 2.05) is 46.6 Å². The van der Waals surface area contributed by atoms with Crippen molar-refractivity contribution in [1.82, 2.24) is 29.2 Å². The van der Waals surface area contributed by atoms with E-state index >= 15 is 0 Å². The van der Waals surface area contributed by atoms with E-state index in [0.29, 0.717) is 0 Å². The van der Waals surface area contributed by atoms with Gasteiger partial charge in [-0.3, -0.25) is 4.98 Å². The number of piperazine rings is 1. The maximum Gasteiger partial charge on any atom is 0.320 e. The highest BCUT2D eigenvalue weighted by molar-refractivity contribution is 5.74. The van der Waals surface area contributed by atoms with Crippen LogP contribution in [0.5, 0.6) is 0 Å². The van der Waals surface area contributed by atoms with Gasteiger partial charge in [0.25, 0.3) is 0 Å². The number of imidazole rings is 1. The summed E-state index contributed by atoms with van der Waals surface area (Å²) < 4.78 is 2.18. The number of hydrogen-bond acceptors (Lipinski definition) is 4. The lowest BCUT2D eigenvalue weighted by molar-refractivity contribution is 0.111. The molecule has 2 aliphatic rings. The molecule has 2 aromatic heterocycles. The Morgan fingerprint density at radius 2 is 1.93 bits per heavy atom. The molecule has 0 aliphatic carbocycles. The summed E-state index contributed by atoms with van der Waals surface area (Å²) in [6.45, 7) is 5.89. The maximum atomic E-state index is 12.9. The summed E-state index contributed by atoms with van der Waals surface area (Å²) in [6, 6.07) is 6.17. The number of hydrogen-bond donors (Lipinski definition) is 0. The Bertz CT molecular complexity index is 753. The molecule has 2 aliphatic heterocycles. The zero-order valence-electron chi connectivity index (χ0n) is 16.0. The lowest BCUT2D eigenvalue weighted by atomic mass is 9.97. The number of pyridine rings is 1. The minimum atomic E-state index is 0.190. The SMILES string of the molecule is CN1CCN(C(=O)N2CCC[C@H](c3nccn3Cc3ccccn3)C2)CC1. The molecule has 4 rings (SSSR count). The molecule has 2 amide bonds. The molecule has 0 radical (unpaired) electrons. The van der Waals surface area contributed by atoms with Gasteiger partial charge in [-0.05, 0) is 32.0 Å². The number of likely N-dealkylation sites (tertiary alicyclic amines) is 1. The number of aromatic nitrogens is 3. The van der Waals surface area contributed by atoms with Gasteiger partial charge in [0.2, 0.25) is 0 Å². The van der Waals surface area contributed by atoms with Crippen LogP contribution in [0.4, 0.5) is 4.79 Å². The predicted octanol–water partition coefficient (Wildman–Crippen LogP) is 1.87. The molecule has 0 aromatic carbocycles. The van der Waals surface area contributed by atoms with Gasteiger partial charge in [-0.2, -0.15) is 0 Å². The van der Waals surface area contributed by atoms with Crippen LogP contribution in [-0.4, -0.2) is 81.6 Å². The van der Waals surface area contributed by atoms with Crippen molar-refractivity contribution < 1.29 is 4.79 Å². The lowest BCUT2D eigenvalue weighted by Gasteiger charge is -2.39. The Morgan fingerprint density at radius 1 is 1.07 bits per heavy atom. The number of carbonyl (C=O) groups is 1. The third kappa shape index (κ3) is 4.13. The highest BCUT2D eigenvalue weighted by Gasteiger charge is 2.30. The smallest absolute Gasteiger partial charge is 0.320 e. The van der Waals surface area contributed by atoms with Crippen LogP contribution in [0, 0.1) is 0 Å². The summed E-state index contributed by atoms with van der Waals surface area (Å²) in [5.74, 6) is 1.35. The fourth-order valence-corrected chi connectivity index (χ4v) is 4.04. The number of urea groups is 1. The van der Waals surface area contributed by atoms with Gasteiger partial charge >= 0.3 is 6.03 Å². The fraction of sp³-hybridized carbons (Fsp3) is 0.550. The first-order chi connectivity index (χ1) is 13.2. The molecule has 7 heteroatoms. The zero-order chi connectivity index (χ0) is 18.6. The molecule has 1 atom stereocenters. The molecule has 0 saturated carbocycles. The summed E-state index contributed by atoms with van der Waals surface area (Å²) in [6.07, 6.45) is 7.81. The van der Waals surface area contributed by atoms with Crippen molar-refractivity contribution in [2.75, 3.05) is 46.3 Å². The molecular formula is C20H28N6O. The summed E-state index contributed by atoms with van der Waals surface area (Å²) in [5, 5.41) is 0. The van der Waals surface area contributed by atoms with Crippen molar-refractivity contribution in [2.24, 2.45) is 0 Å². The topological polar surface area (TPSA) is 57.5 Å². The second kappa shape index (κ2) is 8.08. The van der Waals surface area contributed by atoms with Gasteiger partial charge in [-0.1, -0.05) is 6.07 Å². The van der Waals surface area contributed by atoms with E-state index < -0.39 is 0 Å². The van der Waals surface area contributed by atoms with Crippen LogP contribution in [0.3, 0.4) is 0 Å². The van der Waals surface area contributed by atoms with E-state index in [0.717, 1.165) is 70.2 Å². The van der Waals surface area contributed by atoms with Crippen molar-refractivity contribution in [2.45, 2.75) is 25.3 Å². The largest absolute Gasteiger partial charge is 0.329 e. The average molecular weight is 368 g/mol. The van der Waals surface area contributed by atoms with E-state index in [4.69, 9.17) is 0 Å². The first-order valence-corrected chi connectivity index (χ1v) is 9.84. The third-order valence-electron chi connectivity index (χ3n) is 5.64. The Morgan fingerprint density at radius 3 is 2.70 bits per heavy atom. The fourth-order valence-electron chi connectivity index (χ4n) is 4.04. The monoisotopic (exact) mass is 368 g/mol. The van der Waals surface area contributed by atoms with Crippen LogP contribution in [0.25, 0.3) is 0 Å². The Balaban J connectivity index is 1.43. The molecule has 2 aromatic rings. The number of carbonyl (C=O) groups excluding carboxylic acids is 1. The maximum absolute atomic E-state index is 12.9. The summed E-state index contributed by atoms with van der Waals surface area (Å²) in [4.78, 5) is 28.3. The molecule has 4 heterocycles. The van der Waals surface area contributed by atoms with E-state index in [9.17, 15) is 4.79 Å². The van der Waals surface area contributed by atoms with E-state index in [2.05, 4.69) is 26.5 Å². The van der Waals surface area contributed by atoms with E-state index in [1.165, 1.54) is 0 Å². The first kappa shape index (κ1) is 18.0. The Kier molecular flexibility index (Phi) is 5.38. The van der Waals surface area contributed by atoms with E-state index in [1.54, 1.807) is 0 Å². The van der Waals surface area contributed by atoms with Crippen LogP contribution < -0.4 is 0 Å². The van der Waals surface area contributed by atoms with Crippen LogP contribution in [0.2, 0.25) is 0 Å². The highest BCUT2D eigenvalue weighted by atomic mass is 16.2. The Hall–Kier alpha value is -2.41. The predicted molar refractivity (Wildman–Crippen MR) is 104 cm³/mol. The third-order valence-corrected chi connectivity index (χ3v) is 5.64. The summed E-state index contributed by atoms with van der Waals surface area (Å²) in [5.41, 5.74) is 1.03. The quantitative estimate of drug-likeness (QED) is 0.830.